The van der Waals surface area contributed by atoms with Crippen molar-refractivity contribution in [3.8, 4) is 17.2 Å². The third kappa shape index (κ3) is 4.43. The second kappa shape index (κ2) is 8.75. The largest absolute Gasteiger partial charge is 0.497 e. The van der Waals surface area contributed by atoms with Gasteiger partial charge in [0.05, 0.1) is 7.11 Å². The van der Waals surface area contributed by atoms with Gasteiger partial charge in [0.2, 0.25) is 5.91 Å². The van der Waals surface area contributed by atoms with Gasteiger partial charge in [0.15, 0.2) is 0 Å². The molecule has 1 heterocycles. The number of pyridine rings is 1. The fourth-order valence-corrected chi connectivity index (χ4v) is 3.28. The monoisotopic (exact) mass is 414 g/mol. The van der Waals surface area contributed by atoms with E-state index in [9.17, 15) is 9.59 Å². The summed E-state index contributed by atoms with van der Waals surface area (Å²) in [7, 11) is 1.58. The maximum Gasteiger partial charge on any atom is 0.259 e. The number of carbonyl (C=O) groups is 1. The second-order valence-electron chi connectivity index (χ2n) is 7.09. The Morgan fingerprint density at radius 1 is 0.903 bits per heavy atom. The molecular weight excluding hydrogens is 392 g/mol. The van der Waals surface area contributed by atoms with Crippen molar-refractivity contribution in [2.24, 2.45) is 0 Å². The molecule has 0 aliphatic heterocycles. The van der Waals surface area contributed by atoms with Crippen LogP contribution in [-0.4, -0.2) is 17.6 Å². The molecule has 6 nitrogen and oxygen atoms in total. The molecule has 1 amide bonds. The van der Waals surface area contributed by atoms with Crippen molar-refractivity contribution >= 4 is 22.4 Å². The SMILES string of the molecule is COc1ccc2c(=O)n(C(C)C(=O)Nc3ccc(Oc4ccccc4)cc3)ccc2c1. The Bertz CT molecular complexity index is 1260. The molecule has 0 fully saturated rings. The number of hydrogen-bond donors (Lipinski definition) is 1. The van der Waals surface area contributed by atoms with Gasteiger partial charge in [-0.15, -0.1) is 0 Å². The molecule has 156 valence electrons. The van der Waals surface area contributed by atoms with Crippen LogP contribution in [0, 0.1) is 0 Å². The highest BCUT2D eigenvalue weighted by Crippen LogP contribution is 2.23. The number of hydrogen-bond acceptors (Lipinski definition) is 4. The van der Waals surface area contributed by atoms with E-state index < -0.39 is 6.04 Å². The van der Waals surface area contributed by atoms with E-state index in [0.29, 0.717) is 22.6 Å². The predicted molar refractivity (Wildman–Crippen MR) is 121 cm³/mol. The summed E-state index contributed by atoms with van der Waals surface area (Å²) in [5.74, 6) is 1.79. The Labute approximate surface area is 179 Å². The van der Waals surface area contributed by atoms with Crippen molar-refractivity contribution in [3.63, 3.8) is 0 Å². The van der Waals surface area contributed by atoms with E-state index in [4.69, 9.17) is 9.47 Å². The first-order valence-electron chi connectivity index (χ1n) is 9.88. The van der Waals surface area contributed by atoms with Gasteiger partial charge < -0.3 is 19.4 Å². The zero-order valence-corrected chi connectivity index (χ0v) is 17.2. The standard InChI is InChI=1S/C25H22N2O4/c1-17(27-15-14-18-16-22(30-2)12-13-23(18)25(27)29)24(28)26-19-8-10-21(11-9-19)31-20-6-4-3-5-7-20/h3-17H,1-2H3,(H,26,28). The van der Waals surface area contributed by atoms with Crippen LogP contribution < -0.4 is 20.3 Å². The lowest BCUT2D eigenvalue weighted by Crippen LogP contribution is -2.31. The second-order valence-corrected chi connectivity index (χ2v) is 7.09. The summed E-state index contributed by atoms with van der Waals surface area (Å²) in [5.41, 5.74) is 0.394. The molecule has 3 aromatic carbocycles. The maximum absolute atomic E-state index is 12.9. The number of benzene rings is 3. The highest BCUT2D eigenvalue weighted by molar-refractivity contribution is 5.94. The molecule has 1 N–H and O–H groups in total. The molecule has 0 spiro atoms. The van der Waals surface area contributed by atoms with Crippen molar-refractivity contribution in [3.05, 3.63) is 95.4 Å². The lowest BCUT2D eigenvalue weighted by atomic mass is 10.1. The topological polar surface area (TPSA) is 69.6 Å². The number of nitrogens with zero attached hydrogens (tertiary/aromatic N) is 1. The smallest absolute Gasteiger partial charge is 0.259 e. The van der Waals surface area contributed by atoms with Crippen molar-refractivity contribution < 1.29 is 14.3 Å². The predicted octanol–water partition coefficient (Wildman–Crippen LogP) is 5.00. The van der Waals surface area contributed by atoms with Crippen molar-refractivity contribution in [2.75, 3.05) is 12.4 Å². The first-order chi connectivity index (χ1) is 15.0. The molecule has 1 atom stereocenters. The van der Waals surface area contributed by atoms with Gasteiger partial charge in [-0.2, -0.15) is 0 Å². The number of methoxy groups -OCH3 is 1. The third-order valence-corrected chi connectivity index (χ3v) is 5.04. The number of rotatable bonds is 6. The molecule has 4 aromatic rings. The van der Waals surface area contributed by atoms with Crippen LogP contribution in [0.2, 0.25) is 0 Å². The molecule has 0 aliphatic carbocycles. The molecule has 0 saturated heterocycles. The maximum atomic E-state index is 12.9. The van der Waals surface area contributed by atoms with Crippen LogP contribution in [-0.2, 0) is 4.79 Å². The minimum Gasteiger partial charge on any atom is -0.497 e. The molecule has 4 rings (SSSR count). The fraction of sp³-hybridized carbons (Fsp3) is 0.120. The van der Waals surface area contributed by atoms with Crippen molar-refractivity contribution in [1.29, 1.82) is 0 Å². The van der Waals surface area contributed by atoms with Crippen LogP contribution in [0.15, 0.2) is 89.9 Å². The van der Waals surface area contributed by atoms with Gasteiger partial charge in [-0.05, 0) is 73.0 Å². The molecule has 1 unspecified atom stereocenters. The number of fused-ring (bicyclic) bond motifs is 1. The summed E-state index contributed by atoms with van der Waals surface area (Å²) >= 11 is 0. The summed E-state index contributed by atoms with van der Waals surface area (Å²) in [5, 5.41) is 4.15. The van der Waals surface area contributed by atoms with E-state index >= 15 is 0 Å². The van der Waals surface area contributed by atoms with Crippen molar-refractivity contribution in [1.82, 2.24) is 4.57 Å². The number of anilines is 1. The zero-order chi connectivity index (χ0) is 21.8. The summed E-state index contributed by atoms with van der Waals surface area (Å²) < 4.78 is 12.4. The number of para-hydroxylation sites is 1. The Hall–Kier alpha value is -4.06. The van der Waals surface area contributed by atoms with Crippen LogP contribution in [0.4, 0.5) is 5.69 Å². The van der Waals surface area contributed by atoms with E-state index in [0.717, 1.165) is 11.1 Å². The van der Waals surface area contributed by atoms with Gasteiger partial charge in [-0.3, -0.25) is 9.59 Å². The lowest BCUT2D eigenvalue weighted by molar-refractivity contribution is -0.118. The van der Waals surface area contributed by atoms with E-state index in [1.54, 1.807) is 68.8 Å². The number of aromatic nitrogens is 1. The number of amides is 1. The minimum atomic E-state index is -0.681. The van der Waals surface area contributed by atoms with E-state index in [2.05, 4.69) is 5.32 Å². The van der Waals surface area contributed by atoms with Crippen LogP contribution >= 0.6 is 0 Å². The molecule has 1 aromatic heterocycles. The summed E-state index contributed by atoms with van der Waals surface area (Å²) in [6, 6.07) is 22.9. The summed E-state index contributed by atoms with van der Waals surface area (Å²) in [6.45, 7) is 1.69. The summed E-state index contributed by atoms with van der Waals surface area (Å²) in [4.78, 5) is 25.6. The van der Waals surface area contributed by atoms with Gasteiger partial charge in [0, 0.05) is 17.3 Å². The molecular formula is C25H22N2O4. The minimum absolute atomic E-state index is 0.227. The molecule has 0 radical (unpaired) electrons. The lowest BCUT2D eigenvalue weighted by Gasteiger charge is -2.16. The Balaban J connectivity index is 1.48. The quantitative estimate of drug-likeness (QED) is 0.482. The van der Waals surface area contributed by atoms with Crippen LogP contribution in [0.1, 0.15) is 13.0 Å². The van der Waals surface area contributed by atoms with Gasteiger partial charge in [0.1, 0.15) is 23.3 Å². The Morgan fingerprint density at radius 3 is 2.29 bits per heavy atom. The van der Waals surface area contributed by atoms with Gasteiger partial charge >= 0.3 is 0 Å². The van der Waals surface area contributed by atoms with Crippen LogP contribution in [0.5, 0.6) is 17.2 Å². The molecule has 0 saturated carbocycles. The highest BCUT2D eigenvalue weighted by Gasteiger charge is 2.17. The molecule has 0 aliphatic rings. The normalized spacial score (nSPS) is 11.7. The first kappa shape index (κ1) is 20.2. The number of carbonyl (C=O) groups excluding carboxylic acids is 1. The van der Waals surface area contributed by atoms with Crippen LogP contribution in [0.3, 0.4) is 0 Å². The third-order valence-electron chi connectivity index (χ3n) is 5.04. The average molecular weight is 414 g/mol. The van der Waals surface area contributed by atoms with Crippen molar-refractivity contribution in [2.45, 2.75) is 13.0 Å². The fourth-order valence-electron chi connectivity index (χ4n) is 3.28. The van der Waals surface area contributed by atoms with E-state index in [-0.39, 0.29) is 11.5 Å². The zero-order valence-electron chi connectivity index (χ0n) is 17.2. The van der Waals surface area contributed by atoms with Crippen LogP contribution in [0.25, 0.3) is 10.8 Å². The van der Waals surface area contributed by atoms with E-state index in [1.807, 2.05) is 30.3 Å². The number of ether oxygens (including phenoxy) is 2. The molecule has 6 heteroatoms. The van der Waals surface area contributed by atoms with E-state index in [1.165, 1.54) is 4.57 Å². The number of nitrogens with one attached hydrogen (secondary N) is 1. The Morgan fingerprint density at radius 2 is 1.58 bits per heavy atom. The van der Waals surface area contributed by atoms with Gasteiger partial charge in [-0.1, -0.05) is 18.2 Å². The first-order valence-corrected chi connectivity index (χ1v) is 9.88. The molecule has 31 heavy (non-hydrogen) atoms. The van der Waals surface area contributed by atoms with Gasteiger partial charge in [0.25, 0.3) is 5.56 Å². The van der Waals surface area contributed by atoms with Gasteiger partial charge in [-0.25, -0.2) is 0 Å². The Kier molecular flexibility index (Phi) is 5.71. The average Bonchev–Trinajstić information content (AvgIpc) is 2.80. The highest BCUT2D eigenvalue weighted by atomic mass is 16.5. The molecule has 0 bridgehead atoms. The summed E-state index contributed by atoms with van der Waals surface area (Å²) in [6.07, 6.45) is 1.63.